The molecule has 1 aromatic carbocycles. The first-order chi connectivity index (χ1) is 18.6. The van der Waals surface area contributed by atoms with Crippen molar-refractivity contribution in [3.63, 3.8) is 0 Å². The molecule has 2 N–H and O–H groups in total. The third kappa shape index (κ3) is 4.45. The largest absolute Gasteiger partial charge is 0.465 e. The quantitative estimate of drug-likeness (QED) is 0.364. The van der Waals surface area contributed by atoms with E-state index in [-0.39, 0.29) is 25.1 Å². The second-order valence-corrected chi connectivity index (χ2v) is 10.8. The van der Waals surface area contributed by atoms with Crippen molar-refractivity contribution >= 4 is 46.1 Å². The van der Waals surface area contributed by atoms with Crippen LogP contribution >= 0.6 is 11.6 Å². The lowest BCUT2D eigenvalue weighted by Gasteiger charge is -2.31. The molecule has 13 heteroatoms. The molecule has 3 aromatic heterocycles. The van der Waals surface area contributed by atoms with Crippen molar-refractivity contribution in [3.8, 4) is 11.3 Å². The first-order valence-electron chi connectivity index (χ1n) is 12.5. The summed E-state index contributed by atoms with van der Waals surface area (Å²) in [5.41, 5.74) is 2.70. The van der Waals surface area contributed by atoms with Crippen molar-refractivity contribution in [3.05, 3.63) is 53.6 Å². The zero-order chi connectivity index (χ0) is 27.5. The lowest BCUT2D eigenvalue weighted by atomic mass is 10.1. The highest BCUT2D eigenvalue weighted by Crippen LogP contribution is 2.35. The molecule has 6 rings (SSSR count). The number of carboxylic acid groups (broad SMARTS) is 1. The number of nitrogens with zero attached hydrogens (tertiary/aromatic N) is 6. The van der Waals surface area contributed by atoms with Crippen molar-refractivity contribution in [2.75, 3.05) is 19.7 Å². The molecule has 0 radical (unpaired) electrons. The number of nitrogens with one attached hydrogen (secondary N) is 1. The molecule has 0 spiro atoms. The van der Waals surface area contributed by atoms with Crippen LogP contribution in [0.5, 0.6) is 0 Å². The topological polar surface area (TPSA) is 134 Å². The second-order valence-electron chi connectivity index (χ2n) is 10.3. The highest BCUT2D eigenvalue weighted by molar-refractivity contribution is 6.32. The molecule has 0 saturated carbocycles. The predicted molar refractivity (Wildman–Crippen MR) is 141 cm³/mol. The van der Waals surface area contributed by atoms with Crippen LogP contribution in [0.1, 0.15) is 19.4 Å². The van der Waals surface area contributed by atoms with Gasteiger partial charge in [0.05, 0.1) is 49.1 Å². The minimum atomic E-state index is -0.961. The fraction of sp³-hybridized carbons (Fsp3) is 0.346. The van der Waals surface area contributed by atoms with Crippen LogP contribution < -0.4 is 5.32 Å². The molecule has 4 amide bonds. The number of halogens is 1. The van der Waals surface area contributed by atoms with Crippen LogP contribution in [0.25, 0.3) is 27.7 Å². The van der Waals surface area contributed by atoms with E-state index in [4.69, 9.17) is 16.3 Å². The SMILES string of the molecule is CC1(C)NC(=O)N(Cc2cc3c(-c4cc(Cl)cc5ccn(C[C@@H]6CN(C(=O)O)CCO6)c45)ncnn3c2)C1=O. The van der Waals surface area contributed by atoms with Gasteiger partial charge in [-0.1, -0.05) is 11.6 Å². The highest BCUT2D eigenvalue weighted by Gasteiger charge is 2.44. The van der Waals surface area contributed by atoms with E-state index < -0.39 is 17.7 Å². The number of urea groups is 1. The molecule has 2 aliphatic heterocycles. The van der Waals surface area contributed by atoms with E-state index in [1.165, 1.54) is 16.1 Å². The van der Waals surface area contributed by atoms with Crippen LogP contribution in [0.2, 0.25) is 5.02 Å². The molecule has 12 nitrogen and oxygen atoms in total. The molecule has 1 atom stereocenters. The highest BCUT2D eigenvalue weighted by atomic mass is 35.5. The number of hydrogen-bond donors (Lipinski definition) is 2. The molecule has 2 saturated heterocycles. The maximum Gasteiger partial charge on any atom is 0.407 e. The van der Waals surface area contributed by atoms with Gasteiger partial charge in [0.15, 0.2) is 0 Å². The Bertz CT molecular complexity index is 1640. The summed E-state index contributed by atoms with van der Waals surface area (Å²) in [4.78, 5) is 43.7. The van der Waals surface area contributed by atoms with E-state index in [2.05, 4.69) is 15.4 Å². The molecule has 2 fully saturated rings. The number of carbonyl (C=O) groups excluding carboxylic acids is 2. The molecule has 0 bridgehead atoms. The number of carbonyl (C=O) groups is 3. The Hall–Kier alpha value is -4.16. The van der Waals surface area contributed by atoms with E-state index >= 15 is 0 Å². The van der Waals surface area contributed by atoms with Crippen molar-refractivity contribution < 1.29 is 24.2 Å². The van der Waals surface area contributed by atoms with Crippen LogP contribution in [-0.2, 0) is 22.6 Å². The predicted octanol–water partition coefficient (Wildman–Crippen LogP) is 3.21. The first kappa shape index (κ1) is 25.1. The van der Waals surface area contributed by atoms with Gasteiger partial charge in [-0.05, 0) is 43.7 Å². The Morgan fingerprint density at radius 1 is 1.28 bits per heavy atom. The third-order valence-corrected chi connectivity index (χ3v) is 7.36. The molecule has 0 aliphatic carbocycles. The molecule has 202 valence electrons. The van der Waals surface area contributed by atoms with Crippen LogP contribution in [0.4, 0.5) is 9.59 Å². The molecular formula is C26H26ClN7O5. The molecule has 39 heavy (non-hydrogen) atoms. The summed E-state index contributed by atoms with van der Waals surface area (Å²) < 4.78 is 9.56. The maximum absolute atomic E-state index is 12.7. The van der Waals surface area contributed by atoms with Crippen molar-refractivity contribution in [2.24, 2.45) is 0 Å². The van der Waals surface area contributed by atoms with Crippen LogP contribution in [-0.4, -0.2) is 83.4 Å². The maximum atomic E-state index is 12.7. The molecule has 0 unspecified atom stereocenters. The number of fused-ring (bicyclic) bond motifs is 2. The zero-order valence-corrected chi connectivity index (χ0v) is 22.1. The Balaban J connectivity index is 1.38. The standard InChI is InChI=1S/C26H26ClN7O5/c1-26(2)23(35)33(24(36)30-26)10-15-7-20-21(28-14-29-34(20)11-15)19-9-17(27)8-16-3-4-31(22(16)19)12-18-13-32(25(37)38)5-6-39-18/h3-4,7-9,11,14,18H,5-6,10,12-13H2,1-2H3,(H,30,36)(H,37,38)/t18-/m1/s1. The zero-order valence-electron chi connectivity index (χ0n) is 21.3. The third-order valence-electron chi connectivity index (χ3n) is 7.14. The molecule has 2 aliphatic rings. The van der Waals surface area contributed by atoms with Gasteiger partial charge in [0.25, 0.3) is 5.91 Å². The van der Waals surface area contributed by atoms with E-state index in [9.17, 15) is 19.5 Å². The first-order valence-corrected chi connectivity index (χ1v) is 12.8. The number of rotatable bonds is 5. The number of ether oxygens (including phenoxy) is 1. The van der Waals surface area contributed by atoms with E-state index in [1.54, 1.807) is 24.6 Å². The minimum Gasteiger partial charge on any atom is -0.465 e. The Morgan fingerprint density at radius 3 is 2.85 bits per heavy atom. The van der Waals surface area contributed by atoms with Gasteiger partial charge in [0.1, 0.15) is 11.9 Å². The number of hydrogen-bond acceptors (Lipinski definition) is 6. The average molecular weight is 552 g/mol. The van der Waals surface area contributed by atoms with Gasteiger partial charge < -0.3 is 24.6 Å². The molecular weight excluding hydrogens is 526 g/mol. The fourth-order valence-electron chi connectivity index (χ4n) is 5.29. The lowest BCUT2D eigenvalue weighted by molar-refractivity contribution is -0.130. The summed E-state index contributed by atoms with van der Waals surface area (Å²) in [7, 11) is 0. The number of amides is 4. The summed E-state index contributed by atoms with van der Waals surface area (Å²) in [6.07, 6.45) is 3.86. The van der Waals surface area contributed by atoms with Crippen molar-refractivity contribution in [1.29, 1.82) is 0 Å². The summed E-state index contributed by atoms with van der Waals surface area (Å²) in [6.45, 7) is 4.83. The normalized spacial score (nSPS) is 19.3. The fourth-order valence-corrected chi connectivity index (χ4v) is 5.52. The Labute approximate surface area is 227 Å². The van der Waals surface area contributed by atoms with Gasteiger partial charge in [-0.3, -0.25) is 9.69 Å². The van der Waals surface area contributed by atoms with Gasteiger partial charge in [-0.15, -0.1) is 0 Å². The lowest BCUT2D eigenvalue weighted by Crippen LogP contribution is -2.46. The number of aromatic nitrogens is 4. The number of imide groups is 1. The smallest absolute Gasteiger partial charge is 0.407 e. The van der Waals surface area contributed by atoms with Crippen LogP contribution in [0.3, 0.4) is 0 Å². The van der Waals surface area contributed by atoms with E-state index in [1.807, 2.05) is 35.0 Å². The number of benzene rings is 1. The van der Waals surface area contributed by atoms with Gasteiger partial charge >= 0.3 is 12.1 Å². The summed E-state index contributed by atoms with van der Waals surface area (Å²) in [6, 6.07) is 7.07. The van der Waals surface area contributed by atoms with Gasteiger partial charge in [-0.2, -0.15) is 5.10 Å². The van der Waals surface area contributed by atoms with E-state index in [0.717, 1.165) is 22.0 Å². The van der Waals surface area contributed by atoms with E-state index in [0.29, 0.717) is 35.9 Å². The average Bonchev–Trinajstić information content (AvgIpc) is 3.54. The summed E-state index contributed by atoms with van der Waals surface area (Å²) >= 11 is 6.51. The van der Waals surface area contributed by atoms with Gasteiger partial charge in [-0.25, -0.2) is 19.1 Å². The van der Waals surface area contributed by atoms with Crippen molar-refractivity contribution in [1.82, 2.24) is 34.3 Å². The monoisotopic (exact) mass is 551 g/mol. The molecule has 5 heterocycles. The summed E-state index contributed by atoms with van der Waals surface area (Å²) in [5, 5.41) is 17.9. The summed E-state index contributed by atoms with van der Waals surface area (Å²) in [5.74, 6) is -0.296. The minimum absolute atomic E-state index is 0.0946. The number of morpholine rings is 1. The van der Waals surface area contributed by atoms with Crippen LogP contribution in [0, 0.1) is 0 Å². The van der Waals surface area contributed by atoms with Crippen molar-refractivity contribution in [2.45, 2.75) is 38.6 Å². The van der Waals surface area contributed by atoms with Gasteiger partial charge in [0.2, 0.25) is 0 Å². The second kappa shape index (κ2) is 9.24. The Morgan fingerprint density at radius 2 is 2.10 bits per heavy atom. The molecule has 4 aromatic rings. The van der Waals surface area contributed by atoms with Gasteiger partial charge in [0, 0.05) is 34.9 Å². The Kier molecular flexibility index (Phi) is 5.96. The van der Waals surface area contributed by atoms with Crippen LogP contribution in [0.15, 0.2) is 43.0 Å².